The Morgan fingerprint density at radius 2 is 1.71 bits per heavy atom. The second kappa shape index (κ2) is 5.83. The van der Waals surface area contributed by atoms with Crippen LogP contribution in [0.4, 0.5) is 4.39 Å². The third-order valence-corrected chi connectivity index (χ3v) is 3.00. The molecule has 2 aromatic carbocycles. The van der Waals surface area contributed by atoms with Crippen LogP contribution < -0.4 is 0 Å². The Hall–Kier alpha value is -1.34. The van der Waals surface area contributed by atoms with E-state index in [-0.39, 0.29) is 5.82 Å². The van der Waals surface area contributed by atoms with Crippen molar-refractivity contribution in [3.63, 3.8) is 0 Å². The molecule has 0 aromatic heterocycles. The van der Waals surface area contributed by atoms with Gasteiger partial charge in [-0.25, -0.2) is 4.39 Å². The minimum absolute atomic E-state index is 0.144. The van der Waals surface area contributed by atoms with Crippen LogP contribution in [0.15, 0.2) is 48.5 Å². The lowest BCUT2D eigenvalue weighted by Gasteiger charge is -2.06. The molecule has 0 aliphatic heterocycles. The van der Waals surface area contributed by atoms with E-state index in [0.29, 0.717) is 12.3 Å². The van der Waals surface area contributed by atoms with Gasteiger partial charge in [-0.05, 0) is 41.7 Å². The zero-order valence-corrected chi connectivity index (χ0v) is 10.3. The molecule has 0 saturated carbocycles. The largest absolute Gasteiger partial charge is 0.207 e. The van der Waals surface area contributed by atoms with Crippen molar-refractivity contribution in [2.45, 2.75) is 12.8 Å². The van der Waals surface area contributed by atoms with Crippen molar-refractivity contribution in [3.05, 3.63) is 59.9 Å². The molecule has 0 aliphatic carbocycles. The van der Waals surface area contributed by atoms with Crippen molar-refractivity contribution in [1.29, 1.82) is 0 Å². The molecule has 0 fully saturated rings. The maximum absolute atomic E-state index is 13.6. The van der Waals surface area contributed by atoms with Crippen LogP contribution >= 0.6 is 11.6 Å². The van der Waals surface area contributed by atoms with E-state index in [2.05, 4.69) is 0 Å². The van der Waals surface area contributed by atoms with Gasteiger partial charge in [0.05, 0.1) is 0 Å². The Labute approximate surface area is 106 Å². The zero-order valence-electron chi connectivity index (χ0n) is 9.50. The summed E-state index contributed by atoms with van der Waals surface area (Å²) in [6, 6.07) is 15.3. The summed E-state index contributed by atoms with van der Waals surface area (Å²) in [7, 11) is 0. The second-order valence-corrected chi connectivity index (χ2v) is 4.34. The van der Waals surface area contributed by atoms with Gasteiger partial charge in [-0.15, -0.1) is 11.6 Å². The molecule has 0 saturated heterocycles. The summed E-state index contributed by atoms with van der Waals surface area (Å²) >= 11 is 5.64. The Kier molecular flexibility index (Phi) is 4.16. The molecule has 0 amide bonds. The van der Waals surface area contributed by atoms with Crippen LogP contribution in [-0.4, -0.2) is 5.88 Å². The molecule has 0 unspecified atom stereocenters. The highest BCUT2D eigenvalue weighted by Gasteiger charge is 2.04. The Morgan fingerprint density at radius 3 is 2.41 bits per heavy atom. The summed E-state index contributed by atoms with van der Waals surface area (Å²) in [5.41, 5.74) is 2.91. The van der Waals surface area contributed by atoms with Crippen LogP contribution in [0.2, 0.25) is 0 Å². The van der Waals surface area contributed by atoms with Gasteiger partial charge in [0.1, 0.15) is 5.82 Å². The minimum atomic E-state index is -0.144. The first-order valence-corrected chi connectivity index (χ1v) is 6.24. The predicted octanol–water partition coefficient (Wildman–Crippen LogP) is 4.66. The summed E-state index contributed by atoms with van der Waals surface area (Å²) in [4.78, 5) is 0. The lowest BCUT2D eigenvalue weighted by Crippen LogP contribution is -1.92. The maximum Gasteiger partial charge on any atom is 0.126 e. The maximum atomic E-state index is 13.6. The molecule has 88 valence electrons. The molecule has 0 N–H and O–H groups in total. The molecule has 0 heterocycles. The fourth-order valence-corrected chi connectivity index (χ4v) is 1.97. The molecular formula is C15H14ClF. The summed E-state index contributed by atoms with van der Waals surface area (Å²) in [5.74, 6) is 0.421. The number of halogens is 2. The van der Waals surface area contributed by atoms with Gasteiger partial charge in [-0.3, -0.25) is 0 Å². The van der Waals surface area contributed by atoms with Crippen molar-refractivity contribution in [2.24, 2.45) is 0 Å². The molecule has 0 aliphatic rings. The van der Waals surface area contributed by atoms with E-state index in [4.69, 9.17) is 11.6 Å². The van der Waals surface area contributed by atoms with Gasteiger partial charge in [-0.2, -0.15) is 0 Å². The van der Waals surface area contributed by atoms with Gasteiger partial charge in [0.15, 0.2) is 0 Å². The Morgan fingerprint density at radius 1 is 0.941 bits per heavy atom. The fourth-order valence-electron chi connectivity index (χ4n) is 1.83. The SMILES string of the molecule is Fc1ccc(-c2ccccc2)cc1CCCCl. The molecule has 0 radical (unpaired) electrons. The number of alkyl halides is 1. The van der Waals surface area contributed by atoms with E-state index in [0.717, 1.165) is 23.1 Å². The summed E-state index contributed by atoms with van der Waals surface area (Å²) in [6.45, 7) is 0. The van der Waals surface area contributed by atoms with Crippen LogP contribution in [0.1, 0.15) is 12.0 Å². The van der Waals surface area contributed by atoms with Crippen LogP contribution in [0.5, 0.6) is 0 Å². The average Bonchev–Trinajstić information content (AvgIpc) is 2.39. The number of aryl methyl sites for hydroxylation is 1. The zero-order chi connectivity index (χ0) is 12.1. The number of rotatable bonds is 4. The molecule has 0 bridgehead atoms. The molecular weight excluding hydrogens is 235 g/mol. The van der Waals surface area contributed by atoms with Crippen molar-refractivity contribution < 1.29 is 4.39 Å². The first-order chi connectivity index (χ1) is 8.31. The van der Waals surface area contributed by atoms with Crippen LogP contribution in [-0.2, 0) is 6.42 Å². The van der Waals surface area contributed by atoms with E-state index in [9.17, 15) is 4.39 Å². The van der Waals surface area contributed by atoms with Crippen molar-refractivity contribution >= 4 is 11.6 Å². The van der Waals surface area contributed by atoms with Crippen molar-refractivity contribution in [1.82, 2.24) is 0 Å². The molecule has 0 atom stereocenters. The highest BCUT2D eigenvalue weighted by atomic mass is 35.5. The normalized spacial score (nSPS) is 10.5. The van der Waals surface area contributed by atoms with Gasteiger partial charge < -0.3 is 0 Å². The smallest absolute Gasteiger partial charge is 0.126 e. The van der Waals surface area contributed by atoms with Gasteiger partial charge in [0.2, 0.25) is 0 Å². The standard InChI is InChI=1S/C15H14ClF/c16-10-4-7-14-11-13(8-9-15(14)17)12-5-2-1-3-6-12/h1-3,5-6,8-9,11H,4,7,10H2. The van der Waals surface area contributed by atoms with E-state index in [1.807, 2.05) is 42.5 Å². The van der Waals surface area contributed by atoms with Gasteiger partial charge in [0, 0.05) is 5.88 Å². The minimum Gasteiger partial charge on any atom is -0.207 e. The molecule has 2 heteroatoms. The van der Waals surface area contributed by atoms with E-state index < -0.39 is 0 Å². The molecule has 2 rings (SSSR count). The Bertz CT molecular complexity index is 480. The van der Waals surface area contributed by atoms with Crippen molar-refractivity contribution in [3.8, 4) is 11.1 Å². The van der Waals surface area contributed by atoms with Crippen LogP contribution in [0.25, 0.3) is 11.1 Å². The highest BCUT2D eigenvalue weighted by Crippen LogP contribution is 2.22. The molecule has 17 heavy (non-hydrogen) atoms. The number of benzene rings is 2. The van der Waals surface area contributed by atoms with Gasteiger partial charge in [0.25, 0.3) is 0 Å². The summed E-state index contributed by atoms with van der Waals surface area (Å²) in [5, 5.41) is 0. The third-order valence-electron chi connectivity index (χ3n) is 2.73. The van der Waals surface area contributed by atoms with E-state index in [1.54, 1.807) is 0 Å². The molecule has 2 aromatic rings. The van der Waals surface area contributed by atoms with Crippen LogP contribution in [0, 0.1) is 5.82 Å². The Balaban J connectivity index is 2.31. The lowest BCUT2D eigenvalue weighted by atomic mass is 10.0. The third kappa shape index (κ3) is 3.07. The topological polar surface area (TPSA) is 0 Å². The van der Waals surface area contributed by atoms with E-state index >= 15 is 0 Å². The monoisotopic (exact) mass is 248 g/mol. The first kappa shape index (κ1) is 12.1. The van der Waals surface area contributed by atoms with Crippen LogP contribution in [0.3, 0.4) is 0 Å². The second-order valence-electron chi connectivity index (χ2n) is 3.96. The fraction of sp³-hybridized carbons (Fsp3) is 0.200. The first-order valence-electron chi connectivity index (χ1n) is 5.71. The highest BCUT2D eigenvalue weighted by molar-refractivity contribution is 6.17. The van der Waals surface area contributed by atoms with Gasteiger partial charge in [-0.1, -0.05) is 36.4 Å². The molecule has 0 nitrogen and oxygen atoms in total. The number of hydrogen-bond donors (Lipinski definition) is 0. The van der Waals surface area contributed by atoms with Gasteiger partial charge >= 0.3 is 0 Å². The summed E-state index contributed by atoms with van der Waals surface area (Å²) < 4.78 is 13.6. The van der Waals surface area contributed by atoms with Crippen molar-refractivity contribution in [2.75, 3.05) is 5.88 Å². The van der Waals surface area contributed by atoms with E-state index in [1.165, 1.54) is 6.07 Å². The average molecular weight is 249 g/mol. The molecule has 0 spiro atoms. The predicted molar refractivity (Wildman–Crippen MR) is 70.9 cm³/mol. The quantitative estimate of drug-likeness (QED) is 0.690. The number of hydrogen-bond acceptors (Lipinski definition) is 0. The lowest BCUT2D eigenvalue weighted by molar-refractivity contribution is 0.608. The summed E-state index contributed by atoms with van der Waals surface area (Å²) in [6.07, 6.45) is 1.49.